The fourth-order valence-electron chi connectivity index (χ4n) is 1.92. The van der Waals surface area contributed by atoms with Crippen molar-refractivity contribution in [2.24, 2.45) is 5.10 Å². The van der Waals surface area contributed by atoms with Gasteiger partial charge in [-0.1, -0.05) is 11.6 Å². The fraction of sp³-hybridized carbons (Fsp3) is 0.188. The summed E-state index contributed by atoms with van der Waals surface area (Å²) in [7, 11) is -0.695. The van der Waals surface area contributed by atoms with Gasteiger partial charge in [-0.05, 0) is 49.4 Å². The first-order chi connectivity index (χ1) is 11.4. The molecule has 0 heterocycles. The van der Waals surface area contributed by atoms with Crippen LogP contribution in [0.1, 0.15) is 12.5 Å². The van der Waals surface area contributed by atoms with E-state index in [0.717, 1.165) is 0 Å². The molecule has 1 N–H and O–H groups in total. The number of methoxy groups -OCH3 is 2. The van der Waals surface area contributed by atoms with Crippen molar-refractivity contribution >= 4 is 27.3 Å². The molecule has 0 saturated carbocycles. The minimum atomic E-state index is -3.76. The van der Waals surface area contributed by atoms with Crippen molar-refractivity contribution in [2.75, 3.05) is 14.2 Å². The number of nitrogens with zero attached hydrogens (tertiary/aromatic N) is 1. The second-order valence-electron chi connectivity index (χ2n) is 4.82. The van der Waals surface area contributed by atoms with E-state index in [2.05, 4.69) is 9.93 Å². The molecule has 0 spiro atoms. The monoisotopic (exact) mass is 368 g/mol. The summed E-state index contributed by atoms with van der Waals surface area (Å²) in [6, 6.07) is 11.0. The highest BCUT2D eigenvalue weighted by molar-refractivity contribution is 7.89. The van der Waals surface area contributed by atoms with Crippen molar-refractivity contribution in [1.82, 2.24) is 4.83 Å². The zero-order chi connectivity index (χ0) is 17.7. The summed E-state index contributed by atoms with van der Waals surface area (Å²) in [5, 5.41) is 4.40. The molecule has 128 valence electrons. The van der Waals surface area contributed by atoms with E-state index < -0.39 is 10.0 Å². The van der Waals surface area contributed by atoms with Crippen molar-refractivity contribution < 1.29 is 17.9 Å². The average Bonchev–Trinajstić information content (AvgIpc) is 2.59. The number of benzene rings is 2. The van der Waals surface area contributed by atoms with E-state index >= 15 is 0 Å². The lowest BCUT2D eigenvalue weighted by molar-refractivity contribution is 0.355. The van der Waals surface area contributed by atoms with E-state index in [1.165, 1.54) is 31.4 Å². The molecule has 0 aliphatic carbocycles. The summed E-state index contributed by atoms with van der Waals surface area (Å²) < 4.78 is 34.8. The number of halogens is 1. The summed E-state index contributed by atoms with van der Waals surface area (Å²) in [6.07, 6.45) is 0. The molecule has 0 amide bonds. The van der Waals surface area contributed by atoms with Crippen LogP contribution in [-0.2, 0) is 10.0 Å². The van der Waals surface area contributed by atoms with E-state index in [0.29, 0.717) is 27.8 Å². The van der Waals surface area contributed by atoms with E-state index in [1.54, 1.807) is 32.2 Å². The van der Waals surface area contributed by atoms with Gasteiger partial charge in [0.1, 0.15) is 0 Å². The van der Waals surface area contributed by atoms with Crippen LogP contribution in [0.15, 0.2) is 52.5 Å². The van der Waals surface area contributed by atoms with E-state index in [4.69, 9.17) is 21.1 Å². The molecule has 0 aromatic heterocycles. The van der Waals surface area contributed by atoms with Gasteiger partial charge in [-0.25, -0.2) is 0 Å². The van der Waals surface area contributed by atoms with Crippen LogP contribution in [0.5, 0.6) is 11.5 Å². The number of hydrogen-bond donors (Lipinski definition) is 1. The van der Waals surface area contributed by atoms with Crippen LogP contribution in [0, 0.1) is 0 Å². The first kappa shape index (κ1) is 18.1. The van der Waals surface area contributed by atoms with Gasteiger partial charge < -0.3 is 9.47 Å². The zero-order valence-corrected chi connectivity index (χ0v) is 15.0. The van der Waals surface area contributed by atoms with Crippen LogP contribution in [0.25, 0.3) is 0 Å². The summed E-state index contributed by atoms with van der Waals surface area (Å²) in [5.74, 6) is 1.11. The number of hydrazone groups is 1. The second kappa shape index (κ2) is 7.55. The number of hydrogen-bond acceptors (Lipinski definition) is 5. The van der Waals surface area contributed by atoms with Crippen LogP contribution in [0.2, 0.25) is 5.02 Å². The first-order valence-electron chi connectivity index (χ1n) is 6.91. The number of ether oxygens (including phenoxy) is 2. The Kier molecular flexibility index (Phi) is 5.69. The van der Waals surface area contributed by atoms with Gasteiger partial charge in [-0.3, -0.25) is 0 Å². The highest BCUT2D eigenvalue weighted by Gasteiger charge is 2.13. The minimum Gasteiger partial charge on any atom is -0.493 e. The highest BCUT2D eigenvalue weighted by Crippen LogP contribution is 2.27. The van der Waals surface area contributed by atoms with Gasteiger partial charge in [0.15, 0.2) is 11.5 Å². The van der Waals surface area contributed by atoms with Crippen LogP contribution in [-0.4, -0.2) is 28.3 Å². The standard InChI is InChI=1S/C16H17ClN2O4S/c1-11(12-4-9-15(22-2)16(10-12)23-3)18-19-24(20,21)14-7-5-13(17)6-8-14/h4-10,19H,1-3H3. The molecule has 8 heteroatoms. The molecule has 0 saturated heterocycles. The lowest BCUT2D eigenvalue weighted by Gasteiger charge is -2.10. The Morgan fingerprint density at radius 3 is 2.25 bits per heavy atom. The third-order valence-corrected chi connectivity index (χ3v) is 4.74. The Balaban J connectivity index is 2.23. The second-order valence-corrected chi connectivity index (χ2v) is 6.91. The Morgan fingerprint density at radius 2 is 1.67 bits per heavy atom. The molecule has 2 rings (SSSR count). The lowest BCUT2D eigenvalue weighted by atomic mass is 10.1. The Labute approximate surface area is 146 Å². The largest absolute Gasteiger partial charge is 0.493 e. The van der Waals surface area contributed by atoms with Gasteiger partial charge >= 0.3 is 0 Å². The summed E-state index contributed by atoms with van der Waals surface area (Å²) >= 11 is 5.76. The Bertz CT molecular complexity index is 849. The van der Waals surface area contributed by atoms with Gasteiger partial charge in [0.05, 0.1) is 24.8 Å². The zero-order valence-electron chi connectivity index (χ0n) is 13.4. The molecule has 0 fully saturated rings. The van der Waals surface area contributed by atoms with Gasteiger partial charge in [0.2, 0.25) is 0 Å². The molecular weight excluding hydrogens is 352 g/mol. The third-order valence-electron chi connectivity index (χ3n) is 3.26. The maximum Gasteiger partial charge on any atom is 0.276 e. The maximum absolute atomic E-state index is 12.2. The Hall–Kier alpha value is -2.25. The molecule has 0 aliphatic heterocycles. The summed E-state index contributed by atoms with van der Waals surface area (Å²) in [5.41, 5.74) is 1.18. The van der Waals surface area contributed by atoms with Crippen molar-refractivity contribution in [1.29, 1.82) is 0 Å². The SMILES string of the molecule is COc1ccc(C(C)=NNS(=O)(=O)c2ccc(Cl)cc2)cc1OC. The first-order valence-corrected chi connectivity index (χ1v) is 8.77. The minimum absolute atomic E-state index is 0.0794. The van der Waals surface area contributed by atoms with Gasteiger partial charge in [0.25, 0.3) is 10.0 Å². The maximum atomic E-state index is 12.2. The van der Waals surface area contributed by atoms with Crippen molar-refractivity contribution in [2.45, 2.75) is 11.8 Å². The molecular formula is C16H17ClN2O4S. The lowest BCUT2D eigenvalue weighted by Crippen LogP contribution is -2.19. The molecule has 6 nitrogen and oxygen atoms in total. The number of sulfonamides is 1. The summed E-state index contributed by atoms with van der Waals surface area (Å²) in [4.78, 5) is 2.28. The third kappa shape index (κ3) is 4.18. The summed E-state index contributed by atoms with van der Waals surface area (Å²) in [6.45, 7) is 1.69. The molecule has 0 bridgehead atoms. The quantitative estimate of drug-likeness (QED) is 0.628. The highest BCUT2D eigenvalue weighted by atomic mass is 35.5. The Morgan fingerprint density at radius 1 is 1.04 bits per heavy atom. The van der Waals surface area contributed by atoms with Crippen LogP contribution < -0.4 is 14.3 Å². The fourth-order valence-corrected chi connectivity index (χ4v) is 2.90. The average molecular weight is 369 g/mol. The molecule has 0 atom stereocenters. The molecule has 2 aromatic rings. The smallest absolute Gasteiger partial charge is 0.276 e. The number of rotatable bonds is 6. The van der Waals surface area contributed by atoms with Gasteiger partial charge in [-0.2, -0.15) is 18.4 Å². The molecule has 24 heavy (non-hydrogen) atoms. The van der Waals surface area contributed by atoms with E-state index in [-0.39, 0.29) is 4.90 Å². The van der Waals surface area contributed by atoms with Gasteiger partial charge in [-0.15, -0.1) is 0 Å². The van der Waals surface area contributed by atoms with Gasteiger partial charge in [0, 0.05) is 10.6 Å². The predicted molar refractivity (Wildman–Crippen MR) is 93.5 cm³/mol. The van der Waals surface area contributed by atoms with Crippen molar-refractivity contribution in [3.05, 3.63) is 53.1 Å². The molecule has 2 aromatic carbocycles. The van der Waals surface area contributed by atoms with Crippen LogP contribution in [0.3, 0.4) is 0 Å². The molecule has 0 unspecified atom stereocenters. The molecule has 0 aliphatic rings. The van der Waals surface area contributed by atoms with Crippen molar-refractivity contribution in [3.8, 4) is 11.5 Å². The van der Waals surface area contributed by atoms with E-state index in [9.17, 15) is 8.42 Å². The van der Waals surface area contributed by atoms with Crippen molar-refractivity contribution in [3.63, 3.8) is 0 Å². The number of nitrogens with one attached hydrogen (secondary N) is 1. The predicted octanol–water partition coefficient (Wildman–Crippen LogP) is 3.06. The topological polar surface area (TPSA) is 77.0 Å². The van der Waals surface area contributed by atoms with E-state index in [1.807, 2.05) is 0 Å². The molecule has 0 radical (unpaired) electrons. The van der Waals surface area contributed by atoms with Crippen LogP contribution >= 0.6 is 11.6 Å². The normalized spacial score (nSPS) is 11.9. The van der Waals surface area contributed by atoms with Crippen LogP contribution in [0.4, 0.5) is 0 Å².